The van der Waals surface area contributed by atoms with Crippen molar-refractivity contribution in [2.45, 2.75) is 46.0 Å². The summed E-state index contributed by atoms with van der Waals surface area (Å²) >= 11 is 0. The number of hydrogen-bond donors (Lipinski definition) is 2. The van der Waals surface area contributed by atoms with Gasteiger partial charge in [0.15, 0.2) is 0 Å². The minimum absolute atomic E-state index is 0.0958. The van der Waals surface area contributed by atoms with Crippen molar-refractivity contribution in [3.05, 3.63) is 29.8 Å². The van der Waals surface area contributed by atoms with E-state index in [0.29, 0.717) is 31.3 Å². The average Bonchev–Trinajstić information content (AvgIpc) is 2.59. The number of fused-ring (bicyclic) bond motifs is 1. The number of carbonyl (C=O) groups excluding carboxylic acids is 2. The summed E-state index contributed by atoms with van der Waals surface area (Å²) in [4.78, 5) is 26.6. The van der Waals surface area contributed by atoms with E-state index in [1.54, 1.807) is 4.90 Å². The highest BCUT2D eigenvalue weighted by Gasteiger charge is 2.30. The molecule has 2 amide bonds. The van der Waals surface area contributed by atoms with Crippen LogP contribution in [0.4, 0.5) is 5.69 Å². The number of aliphatic hydroxyl groups excluding tert-OH is 1. The second-order valence-electron chi connectivity index (χ2n) is 7.42. The summed E-state index contributed by atoms with van der Waals surface area (Å²) in [6.07, 6.45) is 2.41. The molecule has 1 heterocycles. The van der Waals surface area contributed by atoms with Crippen molar-refractivity contribution in [1.29, 1.82) is 0 Å². The molecule has 1 aliphatic rings. The quantitative estimate of drug-likeness (QED) is 0.778. The fourth-order valence-corrected chi connectivity index (χ4v) is 3.55. The molecule has 25 heavy (non-hydrogen) atoms. The van der Waals surface area contributed by atoms with Crippen LogP contribution >= 0.6 is 0 Å². The van der Waals surface area contributed by atoms with Gasteiger partial charge in [0, 0.05) is 25.4 Å². The molecular formula is C20H30N2O3. The Morgan fingerprint density at radius 3 is 2.72 bits per heavy atom. The third-order valence-corrected chi connectivity index (χ3v) is 4.88. The van der Waals surface area contributed by atoms with E-state index in [1.807, 2.05) is 24.3 Å². The van der Waals surface area contributed by atoms with Gasteiger partial charge in [-0.25, -0.2) is 0 Å². The lowest BCUT2D eigenvalue weighted by atomic mass is 9.91. The highest BCUT2D eigenvalue weighted by molar-refractivity contribution is 6.40. The molecule has 138 valence electrons. The molecule has 0 saturated heterocycles. The summed E-state index contributed by atoms with van der Waals surface area (Å²) in [5.41, 5.74) is 1.96. The molecule has 2 rings (SSSR count). The van der Waals surface area contributed by atoms with Crippen molar-refractivity contribution in [2.75, 3.05) is 24.6 Å². The average molecular weight is 346 g/mol. The first kappa shape index (κ1) is 19.4. The van der Waals surface area contributed by atoms with Crippen molar-refractivity contribution >= 4 is 17.5 Å². The third kappa shape index (κ3) is 5.05. The lowest BCUT2D eigenvalue weighted by molar-refractivity contribution is -0.137. The number of para-hydroxylation sites is 1. The van der Waals surface area contributed by atoms with Crippen LogP contribution < -0.4 is 10.2 Å². The molecule has 5 nitrogen and oxygen atoms in total. The monoisotopic (exact) mass is 346 g/mol. The van der Waals surface area contributed by atoms with E-state index in [-0.39, 0.29) is 12.5 Å². The summed E-state index contributed by atoms with van der Waals surface area (Å²) in [6, 6.07) is 7.80. The fraction of sp³-hybridized carbons (Fsp3) is 0.600. The number of benzene rings is 1. The summed E-state index contributed by atoms with van der Waals surface area (Å²) in [6.45, 7) is 7.46. The number of hydrogen-bond acceptors (Lipinski definition) is 3. The molecule has 2 N–H and O–H groups in total. The van der Waals surface area contributed by atoms with E-state index >= 15 is 0 Å². The lowest BCUT2D eigenvalue weighted by Gasteiger charge is -2.32. The van der Waals surface area contributed by atoms with E-state index in [2.05, 4.69) is 26.1 Å². The third-order valence-electron chi connectivity index (χ3n) is 4.88. The van der Waals surface area contributed by atoms with E-state index in [9.17, 15) is 14.7 Å². The van der Waals surface area contributed by atoms with E-state index < -0.39 is 11.8 Å². The highest BCUT2D eigenvalue weighted by Crippen LogP contribution is 2.34. The van der Waals surface area contributed by atoms with Crippen molar-refractivity contribution in [2.24, 2.45) is 11.8 Å². The molecular weight excluding hydrogens is 316 g/mol. The molecule has 0 radical (unpaired) electrons. The standard InChI is InChI=1S/C20H30N2O3/c1-14(2)12-16(9-11-23)13-21-19(24)20(25)22-10-8-15(3)17-6-4-5-7-18(17)22/h4-7,14-16,23H,8-13H2,1-3H3,(H,21,24). The Bertz CT molecular complexity index is 600. The van der Waals surface area contributed by atoms with Crippen molar-refractivity contribution in [1.82, 2.24) is 5.32 Å². The van der Waals surface area contributed by atoms with Crippen LogP contribution in [0, 0.1) is 11.8 Å². The summed E-state index contributed by atoms with van der Waals surface area (Å²) in [5.74, 6) is 0.0148. The van der Waals surface area contributed by atoms with Gasteiger partial charge in [-0.1, -0.05) is 39.0 Å². The molecule has 5 heteroatoms. The zero-order chi connectivity index (χ0) is 18.4. The van der Waals surface area contributed by atoms with Crippen LogP contribution in [0.3, 0.4) is 0 Å². The largest absolute Gasteiger partial charge is 0.396 e. The van der Waals surface area contributed by atoms with Gasteiger partial charge < -0.3 is 15.3 Å². The molecule has 0 aliphatic carbocycles. The molecule has 0 saturated carbocycles. The number of rotatable bonds is 6. The van der Waals surface area contributed by atoms with E-state index in [1.165, 1.54) is 0 Å². The Hall–Kier alpha value is -1.88. The van der Waals surface area contributed by atoms with Gasteiger partial charge in [0.1, 0.15) is 0 Å². The Balaban J connectivity index is 2.00. The molecule has 0 bridgehead atoms. The van der Waals surface area contributed by atoms with Crippen molar-refractivity contribution < 1.29 is 14.7 Å². The zero-order valence-electron chi connectivity index (χ0n) is 15.5. The van der Waals surface area contributed by atoms with Crippen LogP contribution in [0.15, 0.2) is 24.3 Å². The van der Waals surface area contributed by atoms with E-state index in [4.69, 9.17) is 0 Å². The maximum Gasteiger partial charge on any atom is 0.316 e. The van der Waals surface area contributed by atoms with Gasteiger partial charge in [0.25, 0.3) is 0 Å². The Morgan fingerprint density at radius 1 is 1.32 bits per heavy atom. The van der Waals surface area contributed by atoms with Gasteiger partial charge >= 0.3 is 11.8 Å². The van der Waals surface area contributed by atoms with Crippen molar-refractivity contribution in [3.8, 4) is 0 Å². The van der Waals surface area contributed by atoms with Gasteiger partial charge in [-0.05, 0) is 48.6 Å². The maximum atomic E-state index is 12.6. The van der Waals surface area contributed by atoms with Gasteiger partial charge in [-0.3, -0.25) is 9.59 Å². The van der Waals surface area contributed by atoms with Crippen LogP contribution in [-0.4, -0.2) is 36.6 Å². The number of anilines is 1. The lowest BCUT2D eigenvalue weighted by Crippen LogP contribution is -2.46. The number of nitrogens with one attached hydrogen (secondary N) is 1. The van der Waals surface area contributed by atoms with Gasteiger partial charge in [0.2, 0.25) is 0 Å². The molecule has 2 atom stereocenters. The SMILES string of the molecule is CC(C)CC(CCO)CNC(=O)C(=O)N1CCC(C)c2ccccc21. The van der Waals surface area contributed by atoms with Crippen LogP contribution in [0.1, 0.15) is 51.5 Å². The predicted molar refractivity (Wildman–Crippen MR) is 99.5 cm³/mol. The van der Waals surface area contributed by atoms with Crippen molar-refractivity contribution in [3.63, 3.8) is 0 Å². The number of nitrogens with zero attached hydrogens (tertiary/aromatic N) is 1. The topological polar surface area (TPSA) is 69.6 Å². The molecule has 1 aromatic carbocycles. The van der Waals surface area contributed by atoms with Gasteiger partial charge in [-0.2, -0.15) is 0 Å². The van der Waals surface area contributed by atoms with Crippen LogP contribution in [0.5, 0.6) is 0 Å². The highest BCUT2D eigenvalue weighted by atomic mass is 16.3. The Kier molecular flexibility index (Phi) is 7.00. The number of amides is 2. The smallest absolute Gasteiger partial charge is 0.316 e. The normalized spacial score (nSPS) is 18.0. The molecule has 1 aromatic rings. The van der Waals surface area contributed by atoms with Crippen LogP contribution in [-0.2, 0) is 9.59 Å². The molecule has 2 unspecified atom stereocenters. The minimum atomic E-state index is -0.559. The predicted octanol–water partition coefficient (Wildman–Crippen LogP) is 2.69. The molecule has 0 fully saturated rings. The van der Waals surface area contributed by atoms with Gasteiger partial charge in [-0.15, -0.1) is 0 Å². The first-order chi connectivity index (χ1) is 11.9. The Labute approximate surface area is 150 Å². The second-order valence-corrected chi connectivity index (χ2v) is 7.42. The zero-order valence-corrected chi connectivity index (χ0v) is 15.5. The Morgan fingerprint density at radius 2 is 2.04 bits per heavy atom. The number of aliphatic hydroxyl groups is 1. The molecule has 0 aromatic heterocycles. The first-order valence-electron chi connectivity index (χ1n) is 9.23. The van der Waals surface area contributed by atoms with E-state index in [0.717, 1.165) is 24.1 Å². The van der Waals surface area contributed by atoms with Crippen LogP contribution in [0.2, 0.25) is 0 Å². The minimum Gasteiger partial charge on any atom is -0.396 e. The number of carbonyl (C=O) groups is 2. The fourth-order valence-electron chi connectivity index (χ4n) is 3.55. The maximum absolute atomic E-state index is 12.6. The first-order valence-corrected chi connectivity index (χ1v) is 9.23. The summed E-state index contributed by atoms with van der Waals surface area (Å²) in [5, 5.41) is 11.9. The molecule has 0 spiro atoms. The summed E-state index contributed by atoms with van der Waals surface area (Å²) in [7, 11) is 0. The summed E-state index contributed by atoms with van der Waals surface area (Å²) < 4.78 is 0. The van der Waals surface area contributed by atoms with Gasteiger partial charge in [0.05, 0.1) is 0 Å². The molecule has 1 aliphatic heterocycles. The van der Waals surface area contributed by atoms with Crippen LogP contribution in [0.25, 0.3) is 0 Å². The second kappa shape index (κ2) is 8.99.